The number of rotatable bonds is 6. The molecule has 1 fully saturated rings. The number of nitrogens with zero attached hydrogens (tertiary/aromatic N) is 2. The average Bonchev–Trinajstić information content (AvgIpc) is 2.61. The zero-order valence-corrected chi connectivity index (χ0v) is 19.8. The molecule has 0 aromatic carbocycles. The number of hydrogen-bond donors (Lipinski definition) is 3. The van der Waals surface area contributed by atoms with E-state index < -0.39 is 17.3 Å². The normalized spacial score (nSPS) is 16.1. The number of piperidine rings is 1. The second-order valence-electron chi connectivity index (χ2n) is 9.57. The van der Waals surface area contributed by atoms with Crippen LogP contribution >= 0.6 is 0 Å². The van der Waals surface area contributed by atoms with Gasteiger partial charge in [-0.25, -0.2) is 9.59 Å². The Labute approximate surface area is 181 Å². The van der Waals surface area contributed by atoms with Crippen molar-refractivity contribution in [2.24, 2.45) is 10.9 Å². The quantitative estimate of drug-likeness (QED) is 0.342. The number of ether oxygens (including phenoxy) is 2. The molecule has 2 amide bonds. The van der Waals surface area contributed by atoms with Gasteiger partial charge in [0, 0.05) is 39.8 Å². The van der Waals surface area contributed by atoms with E-state index >= 15 is 0 Å². The first-order valence-corrected chi connectivity index (χ1v) is 10.8. The zero-order chi connectivity index (χ0) is 22.8. The van der Waals surface area contributed by atoms with E-state index in [1.807, 2.05) is 41.5 Å². The summed E-state index contributed by atoms with van der Waals surface area (Å²) in [7, 11) is 1.74. The molecule has 0 aromatic heterocycles. The van der Waals surface area contributed by atoms with E-state index in [2.05, 4.69) is 20.9 Å². The molecule has 1 aliphatic rings. The Morgan fingerprint density at radius 3 is 2.03 bits per heavy atom. The monoisotopic (exact) mass is 427 g/mol. The SMILES string of the molecule is CN=C(NCCCNC(=O)OC(C)(C)C)NCC1CCN(C(=O)OC(C)(C)C)CC1. The smallest absolute Gasteiger partial charge is 0.410 e. The summed E-state index contributed by atoms with van der Waals surface area (Å²) in [6.45, 7) is 14.6. The van der Waals surface area contributed by atoms with Gasteiger partial charge in [-0.05, 0) is 66.7 Å². The van der Waals surface area contributed by atoms with E-state index in [1.165, 1.54) is 0 Å². The number of carbonyl (C=O) groups excluding carboxylic acids is 2. The highest BCUT2D eigenvalue weighted by Crippen LogP contribution is 2.19. The first-order chi connectivity index (χ1) is 13.9. The molecular formula is C21H41N5O4. The fourth-order valence-corrected chi connectivity index (χ4v) is 2.91. The Bertz CT molecular complexity index is 573. The average molecular weight is 428 g/mol. The van der Waals surface area contributed by atoms with E-state index in [1.54, 1.807) is 11.9 Å². The molecule has 30 heavy (non-hydrogen) atoms. The third kappa shape index (κ3) is 11.7. The van der Waals surface area contributed by atoms with Gasteiger partial charge >= 0.3 is 12.2 Å². The molecule has 9 nitrogen and oxygen atoms in total. The van der Waals surface area contributed by atoms with Crippen LogP contribution in [0.15, 0.2) is 4.99 Å². The number of guanidine groups is 1. The summed E-state index contributed by atoms with van der Waals surface area (Å²) < 4.78 is 10.6. The number of alkyl carbamates (subject to hydrolysis) is 1. The predicted molar refractivity (Wildman–Crippen MR) is 119 cm³/mol. The van der Waals surface area contributed by atoms with Crippen molar-refractivity contribution in [1.82, 2.24) is 20.9 Å². The van der Waals surface area contributed by atoms with Crippen molar-refractivity contribution in [2.75, 3.05) is 39.8 Å². The van der Waals surface area contributed by atoms with Crippen LogP contribution in [0.4, 0.5) is 9.59 Å². The summed E-state index contributed by atoms with van der Waals surface area (Å²) in [5.41, 5.74) is -0.951. The number of hydrogen-bond acceptors (Lipinski definition) is 5. The molecule has 0 unspecified atom stereocenters. The Morgan fingerprint density at radius 2 is 1.50 bits per heavy atom. The molecule has 1 saturated heterocycles. The molecule has 0 saturated carbocycles. The molecule has 1 aliphatic heterocycles. The number of carbonyl (C=O) groups is 2. The molecule has 9 heteroatoms. The van der Waals surface area contributed by atoms with Crippen molar-refractivity contribution >= 4 is 18.1 Å². The topological polar surface area (TPSA) is 104 Å². The lowest BCUT2D eigenvalue weighted by atomic mass is 9.97. The van der Waals surface area contributed by atoms with Gasteiger partial charge in [0.2, 0.25) is 0 Å². The van der Waals surface area contributed by atoms with Gasteiger partial charge in [-0.2, -0.15) is 0 Å². The summed E-state index contributed by atoms with van der Waals surface area (Å²) in [5.74, 6) is 1.22. The van der Waals surface area contributed by atoms with Crippen molar-refractivity contribution in [1.29, 1.82) is 0 Å². The number of likely N-dealkylation sites (tertiary alicyclic amines) is 1. The van der Waals surface area contributed by atoms with E-state index in [0.29, 0.717) is 32.1 Å². The van der Waals surface area contributed by atoms with Crippen molar-refractivity contribution in [3.63, 3.8) is 0 Å². The molecular weight excluding hydrogens is 386 g/mol. The second-order valence-corrected chi connectivity index (χ2v) is 9.57. The van der Waals surface area contributed by atoms with Crippen LogP contribution in [-0.4, -0.2) is 74.0 Å². The molecule has 174 valence electrons. The Kier molecular flexibility index (Phi) is 10.2. The van der Waals surface area contributed by atoms with Gasteiger partial charge in [0.1, 0.15) is 11.2 Å². The summed E-state index contributed by atoms with van der Waals surface area (Å²) in [6.07, 6.45) is 1.99. The zero-order valence-electron chi connectivity index (χ0n) is 19.8. The number of nitrogens with one attached hydrogen (secondary N) is 3. The summed E-state index contributed by atoms with van der Waals surface area (Å²) >= 11 is 0. The summed E-state index contributed by atoms with van der Waals surface area (Å²) in [6, 6.07) is 0. The van der Waals surface area contributed by atoms with Crippen molar-refractivity contribution in [2.45, 2.75) is 72.0 Å². The minimum absolute atomic E-state index is 0.230. The van der Waals surface area contributed by atoms with Gasteiger partial charge in [-0.15, -0.1) is 0 Å². The van der Waals surface area contributed by atoms with Crippen LogP contribution in [0.3, 0.4) is 0 Å². The fourth-order valence-electron chi connectivity index (χ4n) is 2.91. The van der Waals surface area contributed by atoms with Crippen molar-refractivity contribution in [3.8, 4) is 0 Å². The van der Waals surface area contributed by atoms with Gasteiger partial charge in [0.15, 0.2) is 5.96 Å². The fraction of sp³-hybridized carbons (Fsp3) is 0.857. The summed E-state index contributed by atoms with van der Waals surface area (Å²) in [4.78, 5) is 29.8. The van der Waals surface area contributed by atoms with Crippen LogP contribution in [0.1, 0.15) is 60.8 Å². The minimum Gasteiger partial charge on any atom is -0.444 e. The van der Waals surface area contributed by atoms with E-state index in [4.69, 9.17) is 9.47 Å². The van der Waals surface area contributed by atoms with Gasteiger partial charge in [0.05, 0.1) is 0 Å². The van der Waals surface area contributed by atoms with Crippen LogP contribution in [0.5, 0.6) is 0 Å². The first-order valence-electron chi connectivity index (χ1n) is 10.8. The molecule has 1 heterocycles. The Balaban J connectivity index is 2.19. The molecule has 1 rings (SSSR count). The molecule has 0 atom stereocenters. The van der Waals surface area contributed by atoms with E-state index in [0.717, 1.165) is 31.8 Å². The maximum absolute atomic E-state index is 12.1. The third-order valence-electron chi connectivity index (χ3n) is 4.36. The lowest BCUT2D eigenvalue weighted by Gasteiger charge is -2.33. The second kappa shape index (κ2) is 11.9. The highest BCUT2D eigenvalue weighted by atomic mass is 16.6. The maximum atomic E-state index is 12.1. The van der Waals surface area contributed by atoms with Crippen molar-refractivity contribution in [3.05, 3.63) is 0 Å². The van der Waals surface area contributed by atoms with Gasteiger partial charge in [0.25, 0.3) is 0 Å². The maximum Gasteiger partial charge on any atom is 0.410 e. The highest BCUT2D eigenvalue weighted by Gasteiger charge is 2.26. The molecule has 3 N–H and O–H groups in total. The van der Waals surface area contributed by atoms with Crippen LogP contribution in [-0.2, 0) is 9.47 Å². The minimum atomic E-state index is -0.489. The van der Waals surface area contributed by atoms with Crippen LogP contribution < -0.4 is 16.0 Å². The van der Waals surface area contributed by atoms with Crippen molar-refractivity contribution < 1.29 is 19.1 Å². The molecule has 0 aromatic rings. The lowest BCUT2D eigenvalue weighted by molar-refractivity contribution is 0.0185. The Morgan fingerprint density at radius 1 is 0.933 bits per heavy atom. The molecule has 0 spiro atoms. The van der Waals surface area contributed by atoms with Crippen LogP contribution in [0.25, 0.3) is 0 Å². The number of amides is 2. The van der Waals surface area contributed by atoms with E-state index in [9.17, 15) is 9.59 Å². The molecule has 0 bridgehead atoms. The number of aliphatic imine (C=N–C) groups is 1. The van der Waals surface area contributed by atoms with Crippen LogP contribution in [0.2, 0.25) is 0 Å². The van der Waals surface area contributed by atoms with Gasteiger partial charge in [-0.1, -0.05) is 0 Å². The van der Waals surface area contributed by atoms with Crippen LogP contribution in [0, 0.1) is 5.92 Å². The third-order valence-corrected chi connectivity index (χ3v) is 4.36. The molecule has 0 radical (unpaired) electrons. The first kappa shape index (κ1) is 25.8. The van der Waals surface area contributed by atoms with E-state index in [-0.39, 0.29) is 6.09 Å². The van der Waals surface area contributed by atoms with Gasteiger partial charge in [-0.3, -0.25) is 4.99 Å². The largest absolute Gasteiger partial charge is 0.444 e. The standard InChI is InChI=1S/C21H41N5O4/c1-20(2,3)29-18(27)24-12-8-11-23-17(22-7)25-15-16-9-13-26(14-10-16)19(28)30-21(4,5)6/h16H,8-15H2,1-7H3,(H,24,27)(H2,22,23,25). The summed E-state index contributed by atoms with van der Waals surface area (Å²) in [5, 5.41) is 9.33. The van der Waals surface area contributed by atoms with Gasteiger partial charge < -0.3 is 30.3 Å². The predicted octanol–water partition coefficient (Wildman–Crippen LogP) is 2.71. The highest BCUT2D eigenvalue weighted by molar-refractivity contribution is 5.79. The lowest BCUT2D eigenvalue weighted by Crippen LogP contribution is -2.45. The molecule has 0 aliphatic carbocycles. The Hall–Kier alpha value is -2.19.